The zero-order valence-corrected chi connectivity index (χ0v) is 12.1. The minimum absolute atomic E-state index is 0.939. The molecule has 0 radical (unpaired) electrons. The van der Waals surface area contributed by atoms with E-state index in [1.807, 2.05) is 0 Å². The van der Waals surface area contributed by atoms with Crippen LogP contribution in [0.1, 0.15) is 73.1 Å². The van der Waals surface area contributed by atoms with E-state index in [2.05, 4.69) is 34.6 Å². The highest BCUT2D eigenvalue weighted by molar-refractivity contribution is 4.79. The fourth-order valence-electron chi connectivity index (χ4n) is 3.89. The van der Waals surface area contributed by atoms with Crippen LogP contribution < -0.4 is 0 Å². The van der Waals surface area contributed by atoms with Crippen LogP contribution in [-0.2, 0) is 0 Å². The summed E-state index contributed by atoms with van der Waals surface area (Å²) in [5.41, 5.74) is 0. The second-order valence-corrected chi connectivity index (χ2v) is 6.34. The van der Waals surface area contributed by atoms with E-state index in [9.17, 15) is 0 Å². The summed E-state index contributed by atoms with van der Waals surface area (Å²) in [6.07, 6.45) is 8.62. The van der Waals surface area contributed by atoms with Crippen LogP contribution in [-0.4, -0.2) is 0 Å². The van der Waals surface area contributed by atoms with Crippen LogP contribution in [0.25, 0.3) is 0 Å². The normalized spacial score (nSPS) is 42.2. The summed E-state index contributed by atoms with van der Waals surface area (Å²) < 4.78 is 0. The Hall–Kier alpha value is 0. The van der Waals surface area contributed by atoms with Gasteiger partial charge in [-0.05, 0) is 36.0 Å². The molecular formula is C16H32. The molecule has 0 heteroatoms. The van der Waals surface area contributed by atoms with E-state index in [1.54, 1.807) is 0 Å². The van der Waals surface area contributed by atoms with Crippen molar-refractivity contribution >= 4 is 0 Å². The zero-order valence-electron chi connectivity index (χ0n) is 12.1. The topological polar surface area (TPSA) is 0 Å². The number of hydrogen-bond acceptors (Lipinski definition) is 0. The van der Waals surface area contributed by atoms with Gasteiger partial charge in [0.25, 0.3) is 0 Å². The molecule has 1 saturated carbocycles. The lowest BCUT2D eigenvalue weighted by atomic mass is 9.73. The Morgan fingerprint density at radius 3 is 2.00 bits per heavy atom. The van der Waals surface area contributed by atoms with Crippen molar-refractivity contribution in [1.82, 2.24) is 0 Å². The predicted molar refractivity (Wildman–Crippen MR) is 73.5 cm³/mol. The van der Waals surface area contributed by atoms with Crippen molar-refractivity contribution in [3.05, 3.63) is 0 Å². The lowest BCUT2D eigenvalue weighted by Gasteiger charge is -2.33. The highest BCUT2D eigenvalue weighted by Gasteiger charge is 2.29. The lowest BCUT2D eigenvalue weighted by molar-refractivity contribution is 0.168. The fourth-order valence-corrected chi connectivity index (χ4v) is 3.89. The molecule has 0 amide bonds. The molecule has 0 aromatic heterocycles. The first-order valence-corrected chi connectivity index (χ1v) is 7.60. The number of rotatable bonds is 2. The van der Waals surface area contributed by atoms with Crippen LogP contribution in [0, 0.1) is 29.6 Å². The van der Waals surface area contributed by atoms with Gasteiger partial charge in [0.2, 0.25) is 0 Å². The third kappa shape index (κ3) is 3.50. The van der Waals surface area contributed by atoms with Gasteiger partial charge >= 0.3 is 0 Å². The van der Waals surface area contributed by atoms with Gasteiger partial charge in [0.05, 0.1) is 0 Å². The molecule has 5 atom stereocenters. The molecule has 1 aliphatic carbocycles. The van der Waals surface area contributed by atoms with E-state index in [4.69, 9.17) is 0 Å². The Balaban J connectivity index is 2.74. The highest BCUT2D eigenvalue weighted by atomic mass is 14.3. The molecular weight excluding hydrogens is 192 g/mol. The monoisotopic (exact) mass is 224 g/mol. The third-order valence-electron chi connectivity index (χ3n) is 5.29. The van der Waals surface area contributed by atoms with Gasteiger partial charge in [-0.25, -0.2) is 0 Å². The fraction of sp³-hybridized carbons (Fsp3) is 1.00. The van der Waals surface area contributed by atoms with Gasteiger partial charge in [-0.15, -0.1) is 0 Å². The molecule has 1 rings (SSSR count). The zero-order chi connectivity index (χ0) is 12.1. The van der Waals surface area contributed by atoms with Crippen LogP contribution in [0.5, 0.6) is 0 Å². The predicted octanol–water partition coefficient (Wildman–Crippen LogP) is 5.52. The SMILES string of the molecule is CCC1CCC(C)CCC(C)C(CC)C1C. The van der Waals surface area contributed by atoms with E-state index in [1.165, 1.54) is 38.5 Å². The van der Waals surface area contributed by atoms with Gasteiger partial charge in [-0.2, -0.15) is 0 Å². The number of hydrogen-bond donors (Lipinski definition) is 0. The molecule has 1 fully saturated rings. The van der Waals surface area contributed by atoms with Crippen molar-refractivity contribution < 1.29 is 0 Å². The first-order valence-electron chi connectivity index (χ1n) is 7.60. The van der Waals surface area contributed by atoms with Crippen molar-refractivity contribution in [2.75, 3.05) is 0 Å². The molecule has 0 spiro atoms. The Morgan fingerprint density at radius 1 is 0.812 bits per heavy atom. The summed E-state index contributed by atoms with van der Waals surface area (Å²) in [6, 6.07) is 0. The standard InChI is InChI=1S/C16H32/c1-6-15-11-9-12(3)8-10-13(4)16(7-2)14(15)5/h12-16H,6-11H2,1-5H3. The first kappa shape index (κ1) is 14.1. The Kier molecular flexibility index (Phi) is 5.86. The van der Waals surface area contributed by atoms with Crippen LogP contribution >= 0.6 is 0 Å². The molecule has 0 N–H and O–H groups in total. The molecule has 0 aromatic rings. The van der Waals surface area contributed by atoms with Gasteiger partial charge in [-0.1, -0.05) is 66.7 Å². The molecule has 0 aromatic carbocycles. The van der Waals surface area contributed by atoms with Crippen LogP contribution in [0.15, 0.2) is 0 Å². The second kappa shape index (κ2) is 6.67. The van der Waals surface area contributed by atoms with Gasteiger partial charge in [-0.3, -0.25) is 0 Å². The average Bonchev–Trinajstić information content (AvgIpc) is 2.31. The lowest BCUT2D eigenvalue weighted by Crippen LogP contribution is -2.25. The Labute approximate surface area is 103 Å². The van der Waals surface area contributed by atoms with Crippen molar-refractivity contribution in [3.8, 4) is 0 Å². The van der Waals surface area contributed by atoms with Crippen molar-refractivity contribution in [1.29, 1.82) is 0 Å². The van der Waals surface area contributed by atoms with Crippen LogP contribution in [0.4, 0.5) is 0 Å². The molecule has 16 heavy (non-hydrogen) atoms. The van der Waals surface area contributed by atoms with E-state index in [0.29, 0.717) is 0 Å². The summed E-state index contributed by atoms with van der Waals surface area (Å²) >= 11 is 0. The molecule has 0 bridgehead atoms. The molecule has 0 aliphatic heterocycles. The average molecular weight is 224 g/mol. The van der Waals surface area contributed by atoms with Gasteiger partial charge in [0.1, 0.15) is 0 Å². The molecule has 0 nitrogen and oxygen atoms in total. The summed E-state index contributed by atoms with van der Waals surface area (Å²) in [5.74, 6) is 4.78. The molecule has 96 valence electrons. The largest absolute Gasteiger partial charge is 0.0651 e. The van der Waals surface area contributed by atoms with Crippen LogP contribution in [0.2, 0.25) is 0 Å². The first-order chi connectivity index (χ1) is 7.60. The quantitative estimate of drug-likeness (QED) is 0.579. The summed E-state index contributed by atoms with van der Waals surface area (Å²) in [6.45, 7) is 12.3. The van der Waals surface area contributed by atoms with E-state index in [-0.39, 0.29) is 0 Å². The van der Waals surface area contributed by atoms with Crippen LogP contribution in [0.3, 0.4) is 0 Å². The van der Waals surface area contributed by atoms with Crippen molar-refractivity contribution in [2.24, 2.45) is 29.6 Å². The van der Waals surface area contributed by atoms with Crippen molar-refractivity contribution in [3.63, 3.8) is 0 Å². The summed E-state index contributed by atoms with van der Waals surface area (Å²) in [5, 5.41) is 0. The minimum atomic E-state index is 0.939. The molecule has 1 aliphatic rings. The molecule has 0 saturated heterocycles. The van der Waals surface area contributed by atoms with Gasteiger partial charge < -0.3 is 0 Å². The molecule has 5 unspecified atom stereocenters. The maximum Gasteiger partial charge on any atom is -0.0363 e. The Morgan fingerprint density at radius 2 is 1.44 bits per heavy atom. The van der Waals surface area contributed by atoms with E-state index >= 15 is 0 Å². The van der Waals surface area contributed by atoms with E-state index in [0.717, 1.165) is 29.6 Å². The third-order valence-corrected chi connectivity index (χ3v) is 5.29. The second-order valence-electron chi connectivity index (χ2n) is 6.34. The van der Waals surface area contributed by atoms with Crippen molar-refractivity contribution in [2.45, 2.75) is 73.1 Å². The Bertz CT molecular complexity index is 184. The van der Waals surface area contributed by atoms with Gasteiger partial charge in [0, 0.05) is 0 Å². The van der Waals surface area contributed by atoms with Gasteiger partial charge in [0.15, 0.2) is 0 Å². The summed E-state index contributed by atoms with van der Waals surface area (Å²) in [7, 11) is 0. The van der Waals surface area contributed by atoms with E-state index < -0.39 is 0 Å². The maximum absolute atomic E-state index is 2.52. The molecule has 0 heterocycles. The minimum Gasteiger partial charge on any atom is -0.0651 e. The highest BCUT2D eigenvalue weighted by Crippen LogP contribution is 2.39. The smallest absolute Gasteiger partial charge is 0.0363 e. The summed E-state index contributed by atoms with van der Waals surface area (Å²) in [4.78, 5) is 0. The maximum atomic E-state index is 2.52.